The second-order valence-electron chi connectivity index (χ2n) is 4.72. The van der Waals surface area contributed by atoms with Gasteiger partial charge in [-0.1, -0.05) is 29.8 Å². The molecule has 0 aliphatic heterocycles. The number of hydrogen-bond acceptors (Lipinski definition) is 4. The van der Waals surface area contributed by atoms with Crippen molar-refractivity contribution in [1.29, 1.82) is 0 Å². The number of methoxy groups -OCH3 is 2. The van der Waals surface area contributed by atoms with Crippen LogP contribution < -0.4 is 9.46 Å². The first-order valence-electron chi connectivity index (χ1n) is 6.16. The molecule has 20 heavy (non-hydrogen) atoms. The van der Waals surface area contributed by atoms with Gasteiger partial charge in [0.1, 0.15) is 10.6 Å². The van der Waals surface area contributed by atoms with Gasteiger partial charge in [0.05, 0.1) is 13.7 Å². The second-order valence-corrected chi connectivity index (χ2v) is 7.32. The smallest absolute Gasteiger partial charge is 0.244 e. The summed E-state index contributed by atoms with van der Waals surface area (Å²) in [7, 11) is -0.690. The van der Waals surface area contributed by atoms with E-state index in [0.717, 1.165) is 0 Å². The number of sulfonamides is 1. The molecule has 0 bridgehead atoms. The predicted molar refractivity (Wildman–Crippen MR) is 81.5 cm³/mol. The fourth-order valence-corrected chi connectivity index (χ4v) is 3.74. The molecule has 0 aromatic heterocycles. The van der Waals surface area contributed by atoms with Crippen LogP contribution in [0, 0.1) is 5.92 Å². The van der Waals surface area contributed by atoms with Crippen molar-refractivity contribution < 1.29 is 17.9 Å². The Morgan fingerprint density at radius 3 is 2.45 bits per heavy atom. The van der Waals surface area contributed by atoms with E-state index in [4.69, 9.17) is 9.47 Å². The third-order valence-corrected chi connectivity index (χ3v) is 4.88. The van der Waals surface area contributed by atoms with Crippen molar-refractivity contribution in [2.75, 3.05) is 20.8 Å². The summed E-state index contributed by atoms with van der Waals surface area (Å²) < 4.78 is 38.5. The highest BCUT2D eigenvalue weighted by Crippen LogP contribution is 2.27. The van der Waals surface area contributed by atoms with Crippen LogP contribution in [0.2, 0.25) is 0 Å². The summed E-state index contributed by atoms with van der Waals surface area (Å²) in [6.07, 6.45) is 0. The summed E-state index contributed by atoms with van der Waals surface area (Å²) >= 11 is 3.27. The average molecular weight is 366 g/mol. The molecule has 1 unspecified atom stereocenters. The molecule has 5 nitrogen and oxygen atoms in total. The van der Waals surface area contributed by atoms with Crippen LogP contribution in [0.25, 0.3) is 0 Å². The van der Waals surface area contributed by atoms with E-state index in [1.54, 1.807) is 19.2 Å². The zero-order valence-corrected chi connectivity index (χ0v) is 14.4. The zero-order chi connectivity index (χ0) is 15.3. The number of halogens is 1. The summed E-state index contributed by atoms with van der Waals surface area (Å²) in [6.45, 7) is 4.18. The third-order valence-electron chi connectivity index (χ3n) is 2.87. The van der Waals surface area contributed by atoms with Crippen molar-refractivity contribution in [3.63, 3.8) is 0 Å². The Kier molecular flexibility index (Phi) is 6.44. The minimum absolute atomic E-state index is 0.108. The van der Waals surface area contributed by atoms with Crippen LogP contribution in [-0.2, 0) is 14.8 Å². The SMILES string of the molecule is COCC(NS(=O)(=O)c1cc(Br)ccc1OC)C(C)C. The van der Waals surface area contributed by atoms with Crippen LogP contribution in [0.1, 0.15) is 13.8 Å². The first kappa shape index (κ1) is 17.4. The van der Waals surface area contributed by atoms with Crippen molar-refractivity contribution in [3.8, 4) is 5.75 Å². The zero-order valence-electron chi connectivity index (χ0n) is 12.0. The monoisotopic (exact) mass is 365 g/mol. The Labute approximate surface area is 128 Å². The fourth-order valence-electron chi connectivity index (χ4n) is 1.67. The molecule has 0 saturated carbocycles. The van der Waals surface area contributed by atoms with Gasteiger partial charge in [-0.3, -0.25) is 0 Å². The van der Waals surface area contributed by atoms with Crippen molar-refractivity contribution >= 4 is 26.0 Å². The second kappa shape index (κ2) is 7.40. The summed E-state index contributed by atoms with van der Waals surface area (Å²) in [5.41, 5.74) is 0. The van der Waals surface area contributed by atoms with Gasteiger partial charge in [0.15, 0.2) is 0 Å². The number of benzene rings is 1. The summed E-state index contributed by atoms with van der Waals surface area (Å²) in [4.78, 5) is 0.108. The van der Waals surface area contributed by atoms with Gasteiger partial charge in [-0.15, -0.1) is 0 Å². The molecule has 0 radical (unpaired) electrons. The van der Waals surface area contributed by atoms with Crippen molar-refractivity contribution in [2.24, 2.45) is 5.92 Å². The van der Waals surface area contributed by atoms with E-state index in [9.17, 15) is 8.42 Å². The lowest BCUT2D eigenvalue weighted by molar-refractivity contribution is 0.157. The lowest BCUT2D eigenvalue weighted by atomic mass is 10.1. The predicted octanol–water partition coefficient (Wildman–Crippen LogP) is 2.41. The van der Waals surface area contributed by atoms with E-state index in [2.05, 4.69) is 20.7 Å². The number of rotatable bonds is 7. The van der Waals surface area contributed by atoms with Gasteiger partial charge in [0.25, 0.3) is 0 Å². The molecule has 7 heteroatoms. The van der Waals surface area contributed by atoms with Crippen LogP contribution in [0.4, 0.5) is 0 Å². The van der Waals surface area contributed by atoms with E-state index in [-0.39, 0.29) is 16.9 Å². The molecule has 1 aromatic carbocycles. The Morgan fingerprint density at radius 2 is 1.95 bits per heavy atom. The summed E-state index contributed by atoms with van der Waals surface area (Å²) in [6, 6.07) is 4.56. The van der Waals surface area contributed by atoms with Gasteiger partial charge in [-0.05, 0) is 24.1 Å². The standard InChI is InChI=1S/C13H20BrNO4S/c1-9(2)11(8-18-3)15-20(16,17)13-7-10(14)5-6-12(13)19-4/h5-7,9,11,15H,8H2,1-4H3. The van der Waals surface area contributed by atoms with Crippen molar-refractivity contribution in [1.82, 2.24) is 4.72 Å². The lowest BCUT2D eigenvalue weighted by Crippen LogP contribution is -2.41. The minimum atomic E-state index is -3.68. The van der Waals surface area contributed by atoms with Gasteiger partial charge < -0.3 is 9.47 Å². The van der Waals surface area contributed by atoms with Crippen LogP contribution in [-0.4, -0.2) is 35.3 Å². The van der Waals surface area contributed by atoms with E-state index in [1.807, 2.05) is 13.8 Å². The molecule has 0 spiro atoms. The maximum absolute atomic E-state index is 12.5. The Hall–Kier alpha value is -0.630. The molecule has 1 aromatic rings. The van der Waals surface area contributed by atoms with Gasteiger partial charge in [0.2, 0.25) is 10.0 Å². The quantitative estimate of drug-likeness (QED) is 0.805. The fraction of sp³-hybridized carbons (Fsp3) is 0.538. The van der Waals surface area contributed by atoms with E-state index in [1.165, 1.54) is 13.2 Å². The molecular formula is C13H20BrNO4S. The van der Waals surface area contributed by atoms with Crippen molar-refractivity contribution in [3.05, 3.63) is 22.7 Å². The summed E-state index contributed by atoms with van der Waals surface area (Å²) in [5, 5.41) is 0. The molecule has 1 atom stereocenters. The molecule has 0 fully saturated rings. The van der Waals surface area contributed by atoms with Crippen molar-refractivity contribution in [2.45, 2.75) is 24.8 Å². The number of hydrogen-bond donors (Lipinski definition) is 1. The highest BCUT2D eigenvalue weighted by molar-refractivity contribution is 9.10. The van der Waals surface area contributed by atoms with E-state index in [0.29, 0.717) is 16.8 Å². The molecule has 0 aliphatic carbocycles. The molecule has 1 N–H and O–H groups in total. The molecule has 114 valence electrons. The largest absolute Gasteiger partial charge is 0.495 e. The van der Waals surface area contributed by atoms with Crippen LogP contribution in [0.15, 0.2) is 27.6 Å². The minimum Gasteiger partial charge on any atom is -0.495 e. The maximum Gasteiger partial charge on any atom is 0.244 e. The van der Waals surface area contributed by atoms with Crippen LogP contribution in [0.5, 0.6) is 5.75 Å². The maximum atomic E-state index is 12.5. The highest BCUT2D eigenvalue weighted by Gasteiger charge is 2.25. The van der Waals surface area contributed by atoms with E-state index >= 15 is 0 Å². The molecular weight excluding hydrogens is 346 g/mol. The Morgan fingerprint density at radius 1 is 1.30 bits per heavy atom. The average Bonchev–Trinajstić information content (AvgIpc) is 2.38. The third kappa shape index (κ3) is 4.44. The lowest BCUT2D eigenvalue weighted by Gasteiger charge is -2.22. The molecule has 0 saturated heterocycles. The highest BCUT2D eigenvalue weighted by atomic mass is 79.9. The van der Waals surface area contributed by atoms with E-state index < -0.39 is 10.0 Å². The van der Waals surface area contributed by atoms with Gasteiger partial charge in [-0.25, -0.2) is 13.1 Å². The first-order chi connectivity index (χ1) is 9.31. The summed E-state index contributed by atoms with van der Waals surface area (Å²) in [5.74, 6) is 0.420. The molecule has 0 aliphatic rings. The molecule has 0 heterocycles. The van der Waals surface area contributed by atoms with Crippen LogP contribution in [0.3, 0.4) is 0 Å². The first-order valence-corrected chi connectivity index (χ1v) is 8.44. The molecule has 0 amide bonds. The topological polar surface area (TPSA) is 64.6 Å². The Bertz CT molecular complexity index is 545. The molecule has 1 rings (SSSR count). The van der Waals surface area contributed by atoms with Crippen LogP contribution >= 0.6 is 15.9 Å². The normalized spacial score (nSPS) is 13.5. The number of nitrogens with one attached hydrogen (secondary N) is 1. The number of ether oxygens (including phenoxy) is 2. The Balaban J connectivity index is 3.13. The van der Waals surface area contributed by atoms with Gasteiger partial charge >= 0.3 is 0 Å². The van der Waals surface area contributed by atoms with Gasteiger partial charge in [-0.2, -0.15) is 0 Å². The van der Waals surface area contributed by atoms with Gasteiger partial charge in [0, 0.05) is 17.6 Å².